The Morgan fingerprint density at radius 1 is 3.00 bits per heavy atom. The van der Waals surface area contributed by atoms with E-state index in [-0.39, 0.29) is 0 Å². The van der Waals surface area contributed by atoms with Crippen LogP contribution in [0.4, 0.5) is 0 Å². The summed E-state index contributed by atoms with van der Waals surface area (Å²) in [5.41, 5.74) is 0. The molecule has 1 N–H and O–H groups in total. The van der Waals surface area contributed by atoms with E-state index in [9.17, 15) is 0 Å². The molecule has 0 aromatic carbocycles. The van der Waals surface area contributed by atoms with Gasteiger partial charge in [-0.3, -0.25) is 0 Å². The van der Waals surface area contributed by atoms with Crippen LogP contribution in [-0.2, 0) is 0 Å². The van der Waals surface area contributed by atoms with E-state index in [2.05, 4.69) is 5.31 Å². The van der Waals surface area contributed by atoms with Gasteiger partial charge in [0.2, 0.25) is 0 Å². The van der Waals surface area contributed by atoms with Crippen molar-refractivity contribution in [1.29, 1.82) is 6.58 Å². The average molecular weight is 188 g/mol. The quantitative estimate of drug-likeness (QED) is 0.365. The predicted molar refractivity (Wildman–Crippen MR) is 30.8 cm³/mol. The van der Waals surface area contributed by atoms with E-state index in [1.165, 1.54) is 6.79 Å². The van der Waals surface area contributed by atoms with E-state index in [1.54, 1.807) is 0 Å². The third-order valence-corrected chi connectivity index (χ3v) is 0.878. The Bertz CT molecular complexity index is 55.5. The molecule has 4 heavy (non-hydrogen) atoms. The van der Waals surface area contributed by atoms with Gasteiger partial charge in [0.05, 0.1) is 0 Å². The molecule has 0 fully saturated rings. The molecule has 0 aromatic heterocycles. The van der Waals surface area contributed by atoms with Crippen LogP contribution in [0.1, 0.15) is 0 Å². The predicted octanol–water partition coefficient (Wildman–Crippen LogP) is 1.40. The molecule has 0 aliphatic carbocycles. The van der Waals surface area contributed by atoms with Gasteiger partial charge in [0.25, 0.3) is 0 Å². The SMILES string of the molecule is [2H]P(I)B=N[3H]. The van der Waals surface area contributed by atoms with Gasteiger partial charge in [-0.05, 0) is 0 Å². The summed E-state index contributed by atoms with van der Waals surface area (Å²) in [6, 6.07) is -0.860. The standard InChI is InChI=1S/BH2INP/c2-4-1-3/h3-4H/i3T,4D. The van der Waals surface area contributed by atoms with E-state index in [0.717, 1.165) is 0 Å². The second-order valence-electron chi connectivity index (χ2n) is 0.213. The summed E-state index contributed by atoms with van der Waals surface area (Å²) >= 11 is 1.90. The molecule has 0 saturated carbocycles. The molecule has 0 saturated heterocycles. The maximum atomic E-state index is 6.76. The summed E-state index contributed by atoms with van der Waals surface area (Å²) in [6.45, 7) is 1.30. The van der Waals surface area contributed by atoms with Crippen molar-refractivity contribution < 1.29 is 1.41 Å². The fourth-order valence-corrected chi connectivity index (χ4v) is 0. The summed E-state index contributed by atoms with van der Waals surface area (Å²) in [6.07, 6.45) is 0. The van der Waals surface area contributed by atoms with Crippen LogP contribution in [-0.4, -0.2) is 8.07 Å². The number of halogens is 1. The van der Waals surface area contributed by atoms with E-state index in [1.807, 2.05) is 22.0 Å². The van der Waals surface area contributed by atoms with Crippen molar-refractivity contribution >= 4 is 34.9 Å². The molecular formula is H2BINP. The first-order valence-corrected chi connectivity index (χ1v) is 4.43. The van der Waals surface area contributed by atoms with Crippen LogP contribution >= 0.6 is 28.1 Å². The second-order valence-corrected chi connectivity index (χ2v) is 2.31. The van der Waals surface area contributed by atoms with E-state index in [0.29, 0.717) is 0 Å². The molecule has 0 aliphatic heterocycles. The van der Waals surface area contributed by atoms with Gasteiger partial charge in [-0.25, -0.2) is 0 Å². The van der Waals surface area contributed by atoms with Crippen LogP contribution in [0, 0.1) is 5.31 Å². The first-order chi connectivity index (χ1) is 2.77. The second kappa shape index (κ2) is 4.02. The first kappa shape index (κ1) is 2.24. The molecule has 0 bridgehead atoms. The topological polar surface area (TPSA) is 23.9 Å². The number of hydrogen-bond donors (Lipinski definition) is 1. The van der Waals surface area contributed by atoms with E-state index >= 15 is 0 Å². The number of nitrogens with one attached hydrogen (secondary N) is 1. The van der Waals surface area contributed by atoms with Gasteiger partial charge in [-0.15, -0.1) is 0 Å². The third kappa shape index (κ3) is 3.02. The van der Waals surface area contributed by atoms with Crippen LogP contribution in [0.15, 0.2) is 0 Å². The summed E-state index contributed by atoms with van der Waals surface area (Å²) in [7, 11) is 0. The van der Waals surface area contributed by atoms with Crippen molar-refractivity contribution in [3.63, 3.8) is 0 Å². The molecule has 1 unspecified atom stereocenters. The molecule has 22 valence electrons. The molecule has 0 amide bonds. The van der Waals surface area contributed by atoms with Crippen molar-refractivity contribution in [1.82, 2.24) is 0 Å². The van der Waals surface area contributed by atoms with Gasteiger partial charge in [-0.2, -0.15) is 0 Å². The minimum absolute atomic E-state index is 0.860. The van der Waals surface area contributed by atoms with Crippen LogP contribution in [0.5, 0.6) is 0 Å². The molecule has 0 spiro atoms. The van der Waals surface area contributed by atoms with Crippen LogP contribution in [0.3, 0.4) is 0 Å². The van der Waals surface area contributed by atoms with Gasteiger partial charge in [0.1, 0.15) is 0 Å². The molecule has 0 aliphatic rings. The molecule has 4 heteroatoms. The molecule has 0 aromatic rings. The monoisotopic (exact) mass is 188 g/mol. The molecule has 1 atom stereocenters. The first-order valence-electron chi connectivity index (χ1n) is 1.58. The minimum atomic E-state index is -0.860. The molecular weight excluding hydrogens is 183 g/mol. The Labute approximate surface area is 43.3 Å². The summed E-state index contributed by atoms with van der Waals surface area (Å²) < 4.78 is 13.0. The zero-order chi connectivity index (χ0) is 4.99. The molecule has 0 rings (SSSR count). The van der Waals surface area contributed by atoms with Gasteiger partial charge in [-0.1, -0.05) is 0 Å². The van der Waals surface area contributed by atoms with Crippen molar-refractivity contribution in [3.05, 3.63) is 0 Å². The molecule has 0 radical (unpaired) electrons. The zero-order valence-electron chi connectivity index (χ0n) is 3.85. The fourth-order valence-electron chi connectivity index (χ4n) is 0. The van der Waals surface area contributed by atoms with Gasteiger partial charge in [0.15, 0.2) is 0 Å². The average Bonchev–Trinajstić information content (AvgIpc) is 1.35. The van der Waals surface area contributed by atoms with Gasteiger partial charge < -0.3 is 0 Å². The molecule has 1 nitrogen and oxygen atoms in total. The van der Waals surface area contributed by atoms with Gasteiger partial charge >= 0.3 is 42.9 Å². The van der Waals surface area contributed by atoms with Crippen molar-refractivity contribution in [2.75, 3.05) is 0 Å². The third-order valence-electron chi connectivity index (χ3n) is 0.0436. The molecule has 0 heterocycles. The van der Waals surface area contributed by atoms with Crippen LogP contribution in [0.2, 0.25) is 1.41 Å². The van der Waals surface area contributed by atoms with Crippen molar-refractivity contribution in [2.24, 2.45) is 0 Å². The van der Waals surface area contributed by atoms with E-state index < -0.39 is 6.05 Å². The van der Waals surface area contributed by atoms with Gasteiger partial charge in [0, 0.05) is 0 Å². The Morgan fingerprint density at radius 3 is 3.75 bits per heavy atom. The maximum absolute atomic E-state index is 6.76. The van der Waals surface area contributed by atoms with E-state index in [4.69, 9.17) is 2.69 Å². The Balaban J connectivity index is 3.03. The summed E-state index contributed by atoms with van der Waals surface area (Å²) in [4.78, 5) is 0. The fraction of sp³-hybridized carbons (Fsp3) is 0. The number of rotatable bonds is 1. The Kier molecular flexibility index (Phi) is 2.26. The van der Waals surface area contributed by atoms with Crippen LogP contribution < -0.4 is 0 Å². The van der Waals surface area contributed by atoms with Crippen molar-refractivity contribution in [3.8, 4) is 0 Å². The Morgan fingerprint density at radius 2 is 3.75 bits per heavy atom. The van der Waals surface area contributed by atoms with Crippen molar-refractivity contribution in [2.45, 2.75) is 0 Å². The normalized spacial score (nSPS) is 22.2. The Hall–Kier alpha value is 1.02. The summed E-state index contributed by atoms with van der Waals surface area (Å²) in [5, 5.41) is 2.89. The zero-order valence-corrected chi connectivity index (χ0v) is 4.90. The van der Waals surface area contributed by atoms with Crippen LogP contribution in [0.25, 0.3) is 0 Å². The number of hydrogen-bond acceptors (Lipinski definition) is 1. The summed E-state index contributed by atoms with van der Waals surface area (Å²) in [5.74, 6) is 0.